The molecule has 0 spiro atoms. The van der Waals surface area contributed by atoms with E-state index in [1.807, 2.05) is 49.4 Å². The van der Waals surface area contributed by atoms with Gasteiger partial charge in [-0.3, -0.25) is 4.79 Å². The highest BCUT2D eigenvalue weighted by atomic mass is 16.5. The van der Waals surface area contributed by atoms with Gasteiger partial charge >= 0.3 is 0 Å². The van der Waals surface area contributed by atoms with Gasteiger partial charge in [-0.05, 0) is 13.3 Å². The number of hydrogen-bond donors (Lipinski definition) is 1. The fourth-order valence-corrected chi connectivity index (χ4v) is 1.65. The molecule has 0 aliphatic rings. The third-order valence-corrected chi connectivity index (χ3v) is 2.63. The Hall–Kier alpha value is -2.36. The van der Waals surface area contributed by atoms with Crippen LogP contribution < -0.4 is 5.32 Å². The number of nitrogens with one attached hydrogen (secondary N) is 1. The number of benzene rings is 1. The molecule has 98 valence electrons. The van der Waals surface area contributed by atoms with Crippen LogP contribution in [0.5, 0.6) is 0 Å². The number of allylic oxidation sites excluding steroid dienone is 1. The molecule has 1 heterocycles. The van der Waals surface area contributed by atoms with Crippen LogP contribution in [-0.2, 0) is 0 Å². The van der Waals surface area contributed by atoms with Gasteiger partial charge in [-0.2, -0.15) is 0 Å². The largest absolute Gasteiger partial charge is 0.355 e. The average Bonchev–Trinajstić information content (AvgIpc) is 2.94. The molecule has 0 atom stereocenters. The van der Waals surface area contributed by atoms with Crippen molar-refractivity contribution in [1.29, 1.82) is 0 Å². The maximum atomic E-state index is 11.8. The summed E-state index contributed by atoms with van der Waals surface area (Å²) in [5, 5.41) is 6.57. The normalized spacial score (nSPS) is 10.8. The molecule has 1 N–H and O–H groups in total. The molecular formula is C15H16N2O2. The molecule has 0 aliphatic heterocycles. The molecule has 4 nitrogen and oxygen atoms in total. The summed E-state index contributed by atoms with van der Waals surface area (Å²) in [7, 11) is 0. The van der Waals surface area contributed by atoms with Crippen molar-refractivity contribution in [1.82, 2.24) is 10.5 Å². The first-order chi connectivity index (χ1) is 9.31. The van der Waals surface area contributed by atoms with Crippen LogP contribution >= 0.6 is 0 Å². The van der Waals surface area contributed by atoms with Crippen molar-refractivity contribution in [2.75, 3.05) is 6.54 Å². The molecule has 4 heteroatoms. The second-order valence-corrected chi connectivity index (χ2v) is 4.06. The number of aromatic nitrogens is 1. The Bertz CT molecular complexity index is 559. The molecule has 1 amide bonds. The van der Waals surface area contributed by atoms with E-state index in [0.29, 0.717) is 18.0 Å². The summed E-state index contributed by atoms with van der Waals surface area (Å²) in [6, 6.07) is 11.2. The summed E-state index contributed by atoms with van der Waals surface area (Å²) in [6.07, 6.45) is 4.76. The van der Waals surface area contributed by atoms with E-state index in [-0.39, 0.29) is 5.91 Å². The van der Waals surface area contributed by atoms with E-state index in [9.17, 15) is 4.79 Å². The number of carbonyl (C=O) groups is 1. The predicted molar refractivity (Wildman–Crippen MR) is 73.7 cm³/mol. The molecular weight excluding hydrogens is 240 g/mol. The van der Waals surface area contributed by atoms with Gasteiger partial charge in [0.2, 0.25) is 0 Å². The van der Waals surface area contributed by atoms with Crippen molar-refractivity contribution >= 4 is 5.91 Å². The fourth-order valence-electron chi connectivity index (χ4n) is 1.65. The Morgan fingerprint density at radius 3 is 2.89 bits per heavy atom. The summed E-state index contributed by atoms with van der Waals surface area (Å²) in [6.45, 7) is 2.54. The van der Waals surface area contributed by atoms with Gasteiger partial charge in [0.05, 0.1) is 0 Å². The SMILES string of the molecule is C/C=C/CCNC(=O)c1cc(-c2ccccc2)on1. The van der Waals surface area contributed by atoms with Gasteiger partial charge in [-0.25, -0.2) is 0 Å². The minimum absolute atomic E-state index is 0.213. The first-order valence-electron chi connectivity index (χ1n) is 6.22. The van der Waals surface area contributed by atoms with Gasteiger partial charge in [-0.15, -0.1) is 0 Å². The summed E-state index contributed by atoms with van der Waals surface area (Å²) in [5.74, 6) is 0.384. The lowest BCUT2D eigenvalue weighted by atomic mass is 10.1. The van der Waals surface area contributed by atoms with Crippen LogP contribution in [-0.4, -0.2) is 17.6 Å². The highest BCUT2D eigenvalue weighted by Gasteiger charge is 2.12. The smallest absolute Gasteiger partial charge is 0.273 e. The van der Waals surface area contributed by atoms with Gasteiger partial charge in [-0.1, -0.05) is 47.6 Å². The van der Waals surface area contributed by atoms with Crippen molar-refractivity contribution < 1.29 is 9.32 Å². The molecule has 2 aromatic rings. The lowest BCUT2D eigenvalue weighted by Crippen LogP contribution is -2.24. The number of nitrogens with zero attached hydrogens (tertiary/aromatic N) is 1. The van der Waals surface area contributed by atoms with E-state index in [2.05, 4.69) is 10.5 Å². The fraction of sp³-hybridized carbons (Fsp3) is 0.200. The maximum Gasteiger partial charge on any atom is 0.273 e. The zero-order valence-corrected chi connectivity index (χ0v) is 10.8. The third kappa shape index (κ3) is 3.55. The van der Waals surface area contributed by atoms with E-state index in [1.165, 1.54) is 0 Å². The molecule has 0 unspecified atom stereocenters. The van der Waals surface area contributed by atoms with E-state index >= 15 is 0 Å². The quantitative estimate of drug-likeness (QED) is 0.660. The topological polar surface area (TPSA) is 55.1 Å². The Labute approximate surface area is 112 Å². The molecule has 0 radical (unpaired) electrons. The molecule has 2 rings (SSSR count). The number of hydrogen-bond acceptors (Lipinski definition) is 3. The lowest BCUT2D eigenvalue weighted by molar-refractivity contribution is 0.0945. The van der Waals surface area contributed by atoms with Crippen molar-refractivity contribution in [3.8, 4) is 11.3 Å². The first-order valence-corrected chi connectivity index (χ1v) is 6.22. The van der Waals surface area contributed by atoms with Crippen molar-refractivity contribution in [3.63, 3.8) is 0 Å². The molecule has 1 aromatic carbocycles. The molecule has 0 bridgehead atoms. The second kappa shape index (κ2) is 6.54. The summed E-state index contributed by atoms with van der Waals surface area (Å²) >= 11 is 0. The van der Waals surface area contributed by atoms with Crippen LogP contribution in [0.1, 0.15) is 23.8 Å². The highest BCUT2D eigenvalue weighted by molar-refractivity contribution is 5.93. The van der Waals surface area contributed by atoms with Crippen LogP contribution in [0.15, 0.2) is 53.1 Å². The van der Waals surface area contributed by atoms with Crippen molar-refractivity contribution in [2.24, 2.45) is 0 Å². The van der Waals surface area contributed by atoms with Crippen LogP contribution in [0.4, 0.5) is 0 Å². The van der Waals surface area contributed by atoms with Gasteiger partial charge < -0.3 is 9.84 Å². The van der Waals surface area contributed by atoms with E-state index in [1.54, 1.807) is 6.07 Å². The summed E-state index contributed by atoms with van der Waals surface area (Å²) < 4.78 is 5.17. The van der Waals surface area contributed by atoms with Crippen LogP contribution in [0.2, 0.25) is 0 Å². The zero-order valence-electron chi connectivity index (χ0n) is 10.8. The maximum absolute atomic E-state index is 11.8. The zero-order chi connectivity index (χ0) is 13.5. The van der Waals surface area contributed by atoms with Crippen molar-refractivity contribution in [3.05, 3.63) is 54.2 Å². The van der Waals surface area contributed by atoms with E-state index < -0.39 is 0 Å². The molecule has 19 heavy (non-hydrogen) atoms. The standard InChI is InChI=1S/C15H16N2O2/c1-2-3-7-10-16-15(18)13-11-14(19-17-13)12-8-5-4-6-9-12/h2-6,8-9,11H,7,10H2,1H3,(H,16,18)/b3-2+. The van der Waals surface area contributed by atoms with Gasteiger partial charge in [0.1, 0.15) is 0 Å². The van der Waals surface area contributed by atoms with E-state index in [4.69, 9.17) is 4.52 Å². The van der Waals surface area contributed by atoms with Gasteiger partial charge in [0.25, 0.3) is 5.91 Å². The Morgan fingerprint density at radius 2 is 2.16 bits per heavy atom. The first kappa shape index (κ1) is 13.1. The number of amides is 1. The van der Waals surface area contributed by atoms with Gasteiger partial charge in [0, 0.05) is 18.2 Å². The van der Waals surface area contributed by atoms with Crippen LogP contribution in [0, 0.1) is 0 Å². The second-order valence-electron chi connectivity index (χ2n) is 4.06. The monoisotopic (exact) mass is 256 g/mol. The summed E-state index contributed by atoms with van der Waals surface area (Å²) in [4.78, 5) is 11.8. The van der Waals surface area contributed by atoms with Gasteiger partial charge in [0.15, 0.2) is 11.5 Å². The van der Waals surface area contributed by atoms with Crippen molar-refractivity contribution in [2.45, 2.75) is 13.3 Å². The molecule has 0 saturated carbocycles. The lowest BCUT2D eigenvalue weighted by Gasteiger charge is -1.98. The molecule has 0 fully saturated rings. The van der Waals surface area contributed by atoms with E-state index in [0.717, 1.165) is 12.0 Å². The minimum atomic E-state index is -0.213. The number of rotatable bonds is 5. The summed E-state index contributed by atoms with van der Waals surface area (Å²) in [5.41, 5.74) is 1.21. The molecule has 0 aliphatic carbocycles. The Kier molecular flexibility index (Phi) is 4.50. The minimum Gasteiger partial charge on any atom is -0.355 e. The molecule has 0 saturated heterocycles. The average molecular weight is 256 g/mol. The van der Waals surface area contributed by atoms with Crippen LogP contribution in [0.3, 0.4) is 0 Å². The highest BCUT2D eigenvalue weighted by Crippen LogP contribution is 2.19. The number of carbonyl (C=O) groups excluding carboxylic acids is 1. The predicted octanol–water partition coefficient (Wildman–Crippen LogP) is 3.04. The molecule has 1 aromatic heterocycles. The van der Waals surface area contributed by atoms with Crippen LogP contribution in [0.25, 0.3) is 11.3 Å². The Balaban J connectivity index is 1.99. The Morgan fingerprint density at radius 1 is 1.37 bits per heavy atom. The third-order valence-electron chi connectivity index (χ3n) is 2.63.